The Kier molecular flexibility index (Phi) is 12.6. The van der Waals surface area contributed by atoms with Crippen LogP contribution in [0.25, 0.3) is 0 Å². The Morgan fingerprint density at radius 3 is 1.77 bits per heavy atom. The Balaban J connectivity index is 0.00000103. The quantitative estimate of drug-likeness (QED) is 0.135. The van der Waals surface area contributed by atoms with Crippen LogP contribution in [0.4, 0.5) is 9.59 Å². The molecule has 1 aliphatic heterocycles. The molecule has 1 saturated heterocycles. The molecule has 0 unspecified atom stereocenters. The first-order valence-electron chi connectivity index (χ1n) is 12.7. The van der Waals surface area contributed by atoms with E-state index >= 15 is 0 Å². The van der Waals surface area contributed by atoms with Crippen molar-refractivity contribution in [1.82, 2.24) is 16.0 Å². The third-order valence-corrected chi connectivity index (χ3v) is 5.11. The molecular weight excluding hydrogens is 518 g/mol. The first-order valence-corrected chi connectivity index (χ1v) is 12.7. The Bertz CT molecular complexity index is 1090. The van der Waals surface area contributed by atoms with Crippen LogP contribution < -0.4 is 21.7 Å². The van der Waals surface area contributed by atoms with Crippen LogP contribution in [-0.2, 0) is 32.3 Å². The minimum atomic E-state index is -1.09. The van der Waals surface area contributed by atoms with Gasteiger partial charge in [0.1, 0.15) is 19.3 Å². The number of aliphatic imine (C=N–C) groups is 1. The Morgan fingerprint density at radius 2 is 1.38 bits per heavy atom. The van der Waals surface area contributed by atoms with Crippen molar-refractivity contribution in [3.63, 3.8) is 0 Å². The normalized spacial score (nSPS) is 15.7. The second-order valence-corrected chi connectivity index (χ2v) is 10.0. The van der Waals surface area contributed by atoms with Crippen molar-refractivity contribution in [2.24, 2.45) is 16.6 Å². The molecule has 2 aromatic carbocycles. The van der Waals surface area contributed by atoms with Crippen LogP contribution in [0.3, 0.4) is 0 Å². The van der Waals surface area contributed by atoms with Crippen molar-refractivity contribution in [3.05, 3.63) is 71.8 Å². The molecule has 1 aliphatic rings. The van der Waals surface area contributed by atoms with Gasteiger partial charge in [0.25, 0.3) is 0 Å². The lowest BCUT2D eigenvalue weighted by atomic mass is 9.86. The predicted molar refractivity (Wildman–Crippen MR) is 148 cm³/mol. The van der Waals surface area contributed by atoms with Crippen LogP contribution >= 0.6 is 0 Å². The summed E-state index contributed by atoms with van der Waals surface area (Å²) in [5.41, 5.74) is 6.92. The van der Waals surface area contributed by atoms with E-state index in [4.69, 9.17) is 20.3 Å². The minimum Gasteiger partial charge on any atom is -0.480 e. The molecule has 1 fully saturated rings. The summed E-state index contributed by atoms with van der Waals surface area (Å²) in [4.78, 5) is 51.3. The fraction of sp³-hybridized carbons (Fsp3) is 0.393. The van der Waals surface area contributed by atoms with E-state index in [-0.39, 0.29) is 43.6 Å². The molecule has 0 radical (unpaired) electrons. The second kappa shape index (κ2) is 15.8. The highest BCUT2D eigenvalue weighted by Crippen LogP contribution is 2.20. The highest BCUT2D eigenvalue weighted by atomic mass is 16.6. The van der Waals surface area contributed by atoms with E-state index in [1.54, 1.807) is 24.3 Å². The number of rotatable bonds is 9. The molecule has 3 rings (SSSR count). The van der Waals surface area contributed by atoms with Crippen molar-refractivity contribution in [1.29, 1.82) is 0 Å². The van der Waals surface area contributed by atoms with E-state index < -0.39 is 30.1 Å². The molecule has 0 aliphatic carbocycles. The van der Waals surface area contributed by atoms with Gasteiger partial charge in [-0.05, 0) is 44.7 Å². The van der Waals surface area contributed by atoms with Gasteiger partial charge in [0.2, 0.25) is 11.9 Å². The number of alkyl carbamates (subject to hydrolysis) is 2. The number of nitrogens with two attached hydrogens (primary N) is 1. The highest BCUT2D eigenvalue weighted by Gasteiger charge is 2.43. The topological polar surface area (TPSA) is 181 Å². The largest absolute Gasteiger partial charge is 0.480 e. The van der Waals surface area contributed by atoms with Gasteiger partial charge < -0.3 is 25.6 Å². The highest BCUT2D eigenvalue weighted by molar-refractivity contribution is 6.01. The minimum absolute atomic E-state index is 0. The van der Waals surface area contributed by atoms with Gasteiger partial charge in [-0.25, -0.2) is 14.4 Å². The van der Waals surface area contributed by atoms with Gasteiger partial charge in [0.05, 0.1) is 5.92 Å². The van der Waals surface area contributed by atoms with E-state index in [0.29, 0.717) is 6.42 Å². The Morgan fingerprint density at radius 1 is 0.925 bits per heavy atom. The smallest absolute Gasteiger partial charge is 0.414 e. The van der Waals surface area contributed by atoms with Crippen molar-refractivity contribution in [2.45, 2.75) is 58.4 Å². The molecular formula is C28H37N5O7. The SMILES string of the molecule is CC(C)(C)N.O=C(NC(=NCCC[C@H]1C(=O)N[C@@H]1C(=O)O)NC(=O)OCc1ccccc1)OCc1ccccc1. The molecule has 2 aromatic rings. The van der Waals surface area contributed by atoms with Gasteiger partial charge in [-0.2, -0.15) is 0 Å². The Labute approximate surface area is 233 Å². The van der Waals surface area contributed by atoms with Crippen LogP contribution in [0.2, 0.25) is 0 Å². The Hall–Kier alpha value is -4.45. The third kappa shape index (κ3) is 12.9. The van der Waals surface area contributed by atoms with Gasteiger partial charge in [-0.15, -0.1) is 0 Å². The van der Waals surface area contributed by atoms with Gasteiger partial charge >= 0.3 is 18.2 Å². The number of carboxylic acid groups (broad SMARTS) is 1. The number of carboxylic acids is 1. The van der Waals surface area contributed by atoms with Crippen molar-refractivity contribution < 1.29 is 33.8 Å². The number of nitrogens with one attached hydrogen (secondary N) is 3. The molecule has 0 spiro atoms. The summed E-state index contributed by atoms with van der Waals surface area (Å²) in [6.07, 6.45) is -1.02. The number of hydrogen-bond acceptors (Lipinski definition) is 8. The van der Waals surface area contributed by atoms with Crippen molar-refractivity contribution in [3.8, 4) is 0 Å². The van der Waals surface area contributed by atoms with Crippen LogP contribution in [0, 0.1) is 5.92 Å². The van der Waals surface area contributed by atoms with E-state index in [0.717, 1.165) is 11.1 Å². The first kappa shape index (κ1) is 31.8. The standard InChI is InChI=1S/C24H26N4O7.C4H11N/c29-20-18(19(26-20)21(30)31)12-7-13-25-22(27-23(32)34-14-16-8-3-1-4-9-16)28-24(33)35-15-17-10-5-2-6-11-17;1-4(2,3)5/h1-6,8-11,18-19H,7,12-15H2,(H,26,29)(H,30,31)(H2,25,27,28,32,33);5H2,1-3H3/t18-,19+;/m1./s1. The monoisotopic (exact) mass is 555 g/mol. The summed E-state index contributed by atoms with van der Waals surface area (Å²) in [6.45, 7) is 6.05. The number of aliphatic carboxylic acids is 1. The zero-order valence-corrected chi connectivity index (χ0v) is 22.9. The summed E-state index contributed by atoms with van der Waals surface area (Å²) < 4.78 is 10.3. The number of carbonyl (C=O) groups is 4. The summed E-state index contributed by atoms with van der Waals surface area (Å²) in [5, 5.41) is 16.1. The third-order valence-electron chi connectivity index (χ3n) is 5.11. The summed E-state index contributed by atoms with van der Waals surface area (Å²) >= 11 is 0. The van der Waals surface area contributed by atoms with E-state index in [9.17, 15) is 19.2 Å². The maximum atomic E-state index is 12.2. The molecule has 2 atom stereocenters. The van der Waals surface area contributed by atoms with E-state index in [1.807, 2.05) is 57.2 Å². The number of nitrogens with zero attached hydrogens (tertiary/aromatic N) is 1. The maximum Gasteiger partial charge on any atom is 0.414 e. The fourth-order valence-electron chi connectivity index (χ4n) is 3.27. The van der Waals surface area contributed by atoms with E-state index in [2.05, 4.69) is 20.9 Å². The van der Waals surface area contributed by atoms with Gasteiger partial charge in [0.15, 0.2) is 0 Å². The molecule has 12 heteroatoms. The maximum absolute atomic E-state index is 12.2. The number of ether oxygens (including phenoxy) is 2. The van der Waals surface area contributed by atoms with E-state index in [1.165, 1.54) is 0 Å². The molecule has 12 nitrogen and oxygen atoms in total. The summed E-state index contributed by atoms with van der Waals surface area (Å²) in [5.74, 6) is -2.25. The molecule has 0 bridgehead atoms. The predicted octanol–water partition coefficient (Wildman–Crippen LogP) is 2.92. The number of amides is 3. The number of guanidine groups is 1. The van der Waals surface area contributed by atoms with Crippen LogP contribution in [0.5, 0.6) is 0 Å². The lowest BCUT2D eigenvalue weighted by Crippen LogP contribution is -2.61. The van der Waals surface area contributed by atoms with Gasteiger partial charge in [0, 0.05) is 12.1 Å². The van der Waals surface area contributed by atoms with Crippen LogP contribution in [0.1, 0.15) is 44.7 Å². The average molecular weight is 556 g/mol. The molecule has 6 N–H and O–H groups in total. The van der Waals surface area contributed by atoms with Gasteiger partial charge in [-0.1, -0.05) is 60.7 Å². The molecule has 0 saturated carbocycles. The molecule has 216 valence electrons. The number of hydrogen-bond donors (Lipinski definition) is 5. The second-order valence-electron chi connectivity index (χ2n) is 10.0. The molecule has 1 heterocycles. The van der Waals surface area contributed by atoms with Gasteiger partial charge in [-0.3, -0.25) is 20.4 Å². The molecule has 3 amide bonds. The number of benzene rings is 2. The molecule has 0 aromatic heterocycles. The zero-order valence-electron chi connectivity index (χ0n) is 22.9. The zero-order chi connectivity index (χ0) is 29.5. The summed E-state index contributed by atoms with van der Waals surface area (Å²) in [6, 6.07) is 17.2. The average Bonchev–Trinajstić information content (AvgIpc) is 2.89. The first-order chi connectivity index (χ1) is 18.9. The van der Waals surface area contributed by atoms with Crippen molar-refractivity contribution >= 4 is 30.0 Å². The number of β-lactam (4-membered cyclic amide) rings is 1. The lowest BCUT2D eigenvalue weighted by Gasteiger charge is -2.33. The van der Waals surface area contributed by atoms with Crippen LogP contribution in [0.15, 0.2) is 65.7 Å². The van der Waals surface area contributed by atoms with Crippen molar-refractivity contribution in [2.75, 3.05) is 6.54 Å². The number of carbonyl (C=O) groups excluding carboxylic acids is 3. The lowest BCUT2D eigenvalue weighted by molar-refractivity contribution is -0.153. The molecule has 40 heavy (non-hydrogen) atoms. The summed E-state index contributed by atoms with van der Waals surface area (Å²) in [7, 11) is 0. The van der Waals surface area contributed by atoms with Crippen LogP contribution in [-0.4, -0.2) is 53.3 Å². The fourth-order valence-corrected chi connectivity index (χ4v) is 3.27.